The summed E-state index contributed by atoms with van der Waals surface area (Å²) in [5, 5.41) is 21.8. The number of carbonyl (C=O) groups excluding carboxylic acids is 1. The SMILES string of the molecule is Cc1ccc(S(=O)(=O)C(c2ccc(C(=O)N3CCCC3)cc2[N+](=O)[O-])c2ccsc2C#N)cc1. The number of nitriles is 1. The molecule has 1 aromatic heterocycles. The molecular formula is C24H21N3O5S2. The number of nitro benzene ring substituents is 1. The normalized spacial score (nSPS) is 14.5. The molecule has 4 rings (SSSR count). The van der Waals surface area contributed by atoms with E-state index in [0.29, 0.717) is 13.1 Å². The van der Waals surface area contributed by atoms with Gasteiger partial charge in [0.15, 0.2) is 9.84 Å². The van der Waals surface area contributed by atoms with Gasteiger partial charge in [0.25, 0.3) is 11.6 Å². The molecule has 2 aromatic carbocycles. The quantitative estimate of drug-likeness (QED) is 0.363. The van der Waals surface area contributed by atoms with Crippen molar-refractivity contribution in [2.75, 3.05) is 13.1 Å². The number of likely N-dealkylation sites (tertiary alicyclic amines) is 1. The largest absolute Gasteiger partial charge is 0.339 e. The van der Waals surface area contributed by atoms with E-state index in [-0.39, 0.29) is 32.4 Å². The zero-order chi connectivity index (χ0) is 24.5. The van der Waals surface area contributed by atoms with Crippen molar-refractivity contribution in [2.24, 2.45) is 0 Å². The van der Waals surface area contributed by atoms with E-state index in [1.807, 2.05) is 13.0 Å². The van der Waals surface area contributed by atoms with Crippen molar-refractivity contribution in [1.82, 2.24) is 4.90 Å². The fraction of sp³-hybridized carbons (Fsp3) is 0.250. The second-order valence-electron chi connectivity index (χ2n) is 8.08. The molecular weight excluding hydrogens is 474 g/mol. The van der Waals surface area contributed by atoms with Crippen molar-refractivity contribution >= 4 is 32.8 Å². The summed E-state index contributed by atoms with van der Waals surface area (Å²) in [6, 6.07) is 13.6. The lowest BCUT2D eigenvalue weighted by atomic mass is 10.0. The van der Waals surface area contributed by atoms with E-state index < -0.39 is 25.7 Å². The van der Waals surface area contributed by atoms with Crippen molar-refractivity contribution in [3.8, 4) is 6.07 Å². The number of carbonyl (C=O) groups is 1. The zero-order valence-corrected chi connectivity index (χ0v) is 19.9. The van der Waals surface area contributed by atoms with Gasteiger partial charge in [-0.25, -0.2) is 8.42 Å². The molecule has 0 aliphatic carbocycles. The predicted molar refractivity (Wildman–Crippen MR) is 127 cm³/mol. The highest BCUT2D eigenvalue weighted by atomic mass is 32.2. The average molecular weight is 496 g/mol. The third-order valence-corrected chi connectivity index (χ3v) is 8.78. The number of hydrogen-bond acceptors (Lipinski definition) is 7. The summed E-state index contributed by atoms with van der Waals surface area (Å²) in [6.07, 6.45) is 1.75. The number of amides is 1. The van der Waals surface area contributed by atoms with Gasteiger partial charge in [-0.2, -0.15) is 5.26 Å². The lowest BCUT2D eigenvalue weighted by molar-refractivity contribution is -0.385. The van der Waals surface area contributed by atoms with Gasteiger partial charge < -0.3 is 4.90 Å². The Labute approximate surface area is 201 Å². The van der Waals surface area contributed by atoms with Crippen molar-refractivity contribution in [1.29, 1.82) is 5.26 Å². The fourth-order valence-corrected chi connectivity index (χ4v) is 6.79. The Morgan fingerprint density at radius 1 is 1.12 bits per heavy atom. The molecule has 0 saturated carbocycles. The molecule has 2 heterocycles. The van der Waals surface area contributed by atoms with E-state index in [1.54, 1.807) is 22.4 Å². The Hall–Kier alpha value is -3.55. The van der Waals surface area contributed by atoms with Crippen molar-refractivity contribution < 1.29 is 18.1 Å². The van der Waals surface area contributed by atoms with Crippen LogP contribution in [0.25, 0.3) is 0 Å². The minimum Gasteiger partial charge on any atom is -0.339 e. The summed E-state index contributed by atoms with van der Waals surface area (Å²) < 4.78 is 27.6. The van der Waals surface area contributed by atoms with E-state index in [0.717, 1.165) is 35.8 Å². The lowest BCUT2D eigenvalue weighted by Gasteiger charge is -2.20. The Morgan fingerprint density at radius 3 is 2.41 bits per heavy atom. The Kier molecular flexibility index (Phi) is 6.50. The molecule has 0 spiro atoms. The molecule has 34 heavy (non-hydrogen) atoms. The molecule has 1 saturated heterocycles. The number of hydrogen-bond donors (Lipinski definition) is 0. The van der Waals surface area contributed by atoms with E-state index >= 15 is 0 Å². The van der Waals surface area contributed by atoms with Crippen LogP contribution in [-0.2, 0) is 9.84 Å². The molecule has 0 bridgehead atoms. The van der Waals surface area contributed by atoms with Crippen LogP contribution >= 0.6 is 11.3 Å². The highest BCUT2D eigenvalue weighted by Gasteiger charge is 2.38. The van der Waals surface area contributed by atoms with Gasteiger partial charge in [-0.1, -0.05) is 17.7 Å². The summed E-state index contributed by atoms with van der Waals surface area (Å²) in [6.45, 7) is 2.99. The number of rotatable bonds is 6. The van der Waals surface area contributed by atoms with Gasteiger partial charge in [0.2, 0.25) is 0 Å². The summed E-state index contributed by atoms with van der Waals surface area (Å²) in [5.74, 6) is -0.321. The van der Waals surface area contributed by atoms with Crippen LogP contribution in [0.4, 0.5) is 5.69 Å². The lowest BCUT2D eigenvalue weighted by Crippen LogP contribution is -2.27. The number of benzene rings is 2. The van der Waals surface area contributed by atoms with Crippen LogP contribution in [0.2, 0.25) is 0 Å². The minimum absolute atomic E-state index is 0.00953. The van der Waals surface area contributed by atoms with Gasteiger partial charge >= 0.3 is 0 Å². The number of thiophene rings is 1. The summed E-state index contributed by atoms with van der Waals surface area (Å²) in [5.41, 5.74) is 0.614. The Balaban J connectivity index is 1.91. The van der Waals surface area contributed by atoms with Gasteiger partial charge in [0.05, 0.1) is 15.4 Å². The first-order valence-corrected chi connectivity index (χ1v) is 13.0. The summed E-state index contributed by atoms with van der Waals surface area (Å²) in [7, 11) is -4.18. The predicted octanol–water partition coefficient (Wildman–Crippen LogP) is 4.64. The molecule has 10 heteroatoms. The van der Waals surface area contributed by atoms with E-state index in [9.17, 15) is 28.6 Å². The van der Waals surface area contributed by atoms with E-state index in [2.05, 4.69) is 0 Å². The van der Waals surface area contributed by atoms with Gasteiger partial charge in [-0.15, -0.1) is 11.3 Å². The molecule has 8 nitrogen and oxygen atoms in total. The van der Waals surface area contributed by atoms with Crippen LogP contribution in [0.5, 0.6) is 0 Å². The highest BCUT2D eigenvalue weighted by molar-refractivity contribution is 7.92. The van der Waals surface area contributed by atoms with E-state index in [4.69, 9.17) is 0 Å². The molecule has 0 N–H and O–H groups in total. The Bertz CT molecular complexity index is 1400. The van der Waals surface area contributed by atoms with Crippen LogP contribution in [0.15, 0.2) is 58.8 Å². The molecule has 1 atom stereocenters. The van der Waals surface area contributed by atoms with Crippen LogP contribution < -0.4 is 0 Å². The third kappa shape index (κ3) is 4.32. The summed E-state index contributed by atoms with van der Waals surface area (Å²) >= 11 is 1.07. The third-order valence-electron chi connectivity index (χ3n) is 5.89. The molecule has 174 valence electrons. The number of aryl methyl sites for hydroxylation is 1. The van der Waals surface area contributed by atoms with Crippen molar-refractivity contribution in [2.45, 2.75) is 29.9 Å². The molecule has 1 unspecified atom stereocenters. The van der Waals surface area contributed by atoms with E-state index in [1.165, 1.54) is 30.3 Å². The molecule has 3 aromatic rings. The Morgan fingerprint density at radius 2 is 1.79 bits per heavy atom. The molecule has 1 aliphatic rings. The van der Waals surface area contributed by atoms with Crippen LogP contribution in [0.1, 0.15) is 50.0 Å². The molecule has 1 aliphatic heterocycles. The summed E-state index contributed by atoms with van der Waals surface area (Å²) in [4.78, 5) is 26.0. The van der Waals surface area contributed by atoms with Gasteiger partial charge in [-0.3, -0.25) is 14.9 Å². The van der Waals surface area contributed by atoms with Crippen molar-refractivity contribution in [3.05, 3.63) is 91.2 Å². The topological polar surface area (TPSA) is 121 Å². The number of nitro groups is 1. The van der Waals surface area contributed by atoms with Gasteiger partial charge in [0.1, 0.15) is 16.2 Å². The first-order chi connectivity index (χ1) is 16.2. The first-order valence-electron chi connectivity index (χ1n) is 10.6. The second-order valence-corrected chi connectivity index (χ2v) is 11.0. The molecule has 0 radical (unpaired) electrons. The molecule has 1 amide bonds. The zero-order valence-electron chi connectivity index (χ0n) is 18.3. The van der Waals surface area contributed by atoms with Crippen LogP contribution in [0, 0.1) is 28.4 Å². The standard InChI is InChI=1S/C24H21N3O5S2/c1-16-4-7-18(8-5-16)34(31,32)23(20-10-13-33-22(20)15-25)19-9-6-17(14-21(19)27(29)30)24(28)26-11-2-3-12-26/h4-10,13-14,23H,2-3,11-12H2,1H3. The fourth-order valence-electron chi connectivity index (χ4n) is 4.14. The maximum absolute atomic E-state index is 13.8. The van der Waals surface area contributed by atoms with Gasteiger partial charge in [-0.05, 0) is 55.5 Å². The first kappa shape index (κ1) is 23.6. The number of sulfone groups is 1. The second kappa shape index (κ2) is 9.37. The highest BCUT2D eigenvalue weighted by Crippen LogP contribution is 2.42. The minimum atomic E-state index is -4.18. The maximum atomic E-state index is 13.8. The van der Waals surface area contributed by atoms with Crippen molar-refractivity contribution in [3.63, 3.8) is 0 Å². The average Bonchev–Trinajstić information content (AvgIpc) is 3.51. The van der Waals surface area contributed by atoms with Crippen LogP contribution in [-0.4, -0.2) is 37.2 Å². The monoisotopic (exact) mass is 495 g/mol. The maximum Gasteiger partial charge on any atom is 0.275 e. The van der Waals surface area contributed by atoms with Gasteiger partial charge in [0, 0.05) is 30.3 Å². The number of nitrogens with zero attached hydrogens (tertiary/aromatic N) is 3. The van der Waals surface area contributed by atoms with Crippen LogP contribution in [0.3, 0.4) is 0 Å². The smallest absolute Gasteiger partial charge is 0.275 e. The molecule has 1 fully saturated rings.